The van der Waals surface area contributed by atoms with Gasteiger partial charge in [-0.15, -0.1) is 0 Å². The van der Waals surface area contributed by atoms with Crippen LogP contribution in [0.1, 0.15) is 39.5 Å². The highest BCUT2D eigenvalue weighted by Gasteiger charge is 2.35. The van der Waals surface area contributed by atoms with Crippen molar-refractivity contribution < 1.29 is 103 Å². The zero-order chi connectivity index (χ0) is 50.1. The number of hydrogen-bond acceptors (Lipinski definition) is 18. The first kappa shape index (κ1) is 57.9. The minimum absolute atomic E-state index is 0.712. The molecule has 9 amide bonds. The van der Waals surface area contributed by atoms with Gasteiger partial charge in [-0.05, 0) is 12.3 Å². The van der Waals surface area contributed by atoms with Gasteiger partial charge in [0.1, 0.15) is 54.9 Å². The Morgan fingerprint density at radius 2 is 0.800 bits per heavy atom. The number of carboxylic acid groups (broad SMARTS) is 4. The molecular weight excluding hydrogens is 884 g/mol. The highest BCUT2D eigenvalue weighted by Crippen LogP contribution is 2.08. The van der Waals surface area contributed by atoms with Crippen molar-refractivity contribution in [2.75, 3.05) is 39.5 Å². The fraction of sp³-hybridized carbons (Fsp3) is 0.618. The van der Waals surface area contributed by atoms with Gasteiger partial charge in [0, 0.05) is 6.42 Å². The van der Waals surface area contributed by atoms with Crippen LogP contribution in [0.15, 0.2) is 0 Å². The smallest absolute Gasteiger partial charge is 0.322 e. The minimum atomic E-state index is -2.05. The second kappa shape index (κ2) is 29.3. The van der Waals surface area contributed by atoms with Gasteiger partial charge in [0.2, 0.25) is 53.2 Å². The summed E-state index contributed by atoms with van der Waals surface area (Å²) in [6, 6.07) is -14.5. The number of carbonyl (C=O) groups excluding carboxylic acids is 9. The van der Waals surface area contributed by atoms with Crippen LogP contribution in [0.4, 0.5) is 0 Å². The molecule has 0 radical (unpaired) electrons. The van der Waals surface area contributed by atoms with E-state index in [0.717, 1.165) is 0 Å². The van der Waals surface area contributed by atoms with Crippen molar-refractivity contribution in [1.82, 2.24) is 47.9 Å². The molecule has 0 bridgehead atoms. The number of nitrogens with two attached hydrogens (primary N) is 1. The standard InChI is InChI=1S/C34H54N10O21/c1-13(2)26(44-30(61)15(3-4-22(50)51)39-31(62)17(6-24(54)55)40-33(64)20(12-48)42-27(58)14(35)9-45)34(65)41-16(5-23(52)53)28(59)36-7-21(49)38-19(11-47)32(63)43-18(10-46)29(60)37-8-25(56)57/h13-20,26,45-48H,3-12,35H2,1-2H3,(H,36,59)(H,37,60)(H,38,49)(H,39,62)(H,40,64)(H,41,65)(H,42,58)(H,43,63)(H,44,61)(H,50,51)(H,52,53)(H,54,55)(H,56,57)/t14-,15-,16-,17-,18-,19-,20-,26-/m0/s1. The summed E-state index contributed by atoms with van der Waals surface area (Å²) in [5.74, 6) is -18.5. The lowest BCUT2D eigenvalue weighted by Gasteiger charge is -2.28. The third kappa shape index (κ3) is 22.2. The van der Waals surface area contributed by atoms with Crippen LogP contribution in [0.25, 0.3) is 0 Å². The van der Waals surface area contributed by atoms with Crippen molar-refractivity contribution >= 4 is 77.0 Å². The van der Waals surface area contributed by atoms with E-state index >= 15 is 0 Å². The van der Waals surface area contributed by atoms with Crippen molar-refractivity contribution in [2.45, 2.75) is 87.9 Å². The summed E-state index contributed by atoms with van der Waals surface area (Å²) in [5.41, 5.74) is 5.36. The summed E-state index contributed by atoms with van der Waals surface area (Å²) in [5, 5.41) is 92.4. The van der Waals surface area contributed by atoms with E-state index in [-0.39, 0.29) is 0 Å². The normalized spacial score (nSPS) is 14.5. The van der Waals surface area contributed by atoms with Gasteiger partial charge in [0.05, 0.1) is 45.8 Å². The van der Waals surface area contributed by atoms with Gasteiger partial charge in [-0.25, -0.2) is 0 Å². The minimum Gasteiger partial charge on any atom is -0.481 e. The number of carbonyl (C=O) groups is 13. The first-order valence-electron chi connectivity index (χ1n) is 19.0. The number of hydrogen-bond donors (Lipinski definition) is 18. The molecule has 366 valence electrons. The van der Waals surface area contributed by atoms with E-state index < -0.39 is 196 Å². The van der Waals surface area contributed by atoms with Crippen molar-refractivity contribution in [2.24, 2.45) is 11.7 Å². The van der Waals surface area contributed by atoms with Crippen molar-refractivity contribution in [3.05, 3.63) is 0 Å². The number of aliphatic hydroxyl groups is 4. The first-order valence-corrected chi connectivity index (χ1v) is 19.0. The molecular formula is C34H54N10O21. The number of carboxylic acids is 4. The highest BCUT2D eigenvalue weighted by atomic mass is 16.4. The molecule has 0 saturated carbocycles. The molecule has 19 N–H and O–H groups in total. The Kier molecular flexibility index (Phi) is 26.1. The average Bonchev–Trinajstić information content (AvgIpc) is 3.23. The van der Waals surface area contributed by atoms with Gasteiger partial charge < -0.3 is 94.4 Å². The molecule has 31 heteroatoms. The lowest BCUT2D eigenvalue weighted by atomic mass is 10.0. The lowest BCUT2D eigenvalue weighted by molar-refractivity contribution is -0.142. The molecule has 65 heavy (non-hydrogen) atoms. The predicted molar refractivity (Wildman–Crippen MR) is 210 cm³/mol. The molecule has 0 heterocycles. The SMILES string of the molecule is CC(C)[C@H](NC(=O)[C@H](CCC(=O)O)NC(=O)[C@H](CC(=O)O)NC(=O)[C@H](CO)NC(=O)[C@@H](N)CO)C(=O)N[C@@H](CC(=O)O)C(=O)NCC(=O)N[C@@H](CO)C(=O)N[C@@H](CO)C(=O)NCC(=O)O. The zero-order valence-electron chi connectivity index (χ0n) is 34.7. The van der Waals surface area contributed by atoms with Crippen LogP contribution in [0, 0.1) is 5.92 Å². The third-order valence-electron chi connectivity index (χ3n) is 8.39. The summed E-state index contributed by atoms with van der Waals surface area (Å²) >= 11 is 0. The van der Waals surface area contributed by atoms with Crippen LogP contribution in [0.2, 0.25) is 0 Å². The molecule has 0 aliphatic carbocycles. The molecule has 0 spiro atoms. The predicted octanol–water partition coefficient (Wildman–Crippen LogP) is -10.5. The van der Waals surface area contributed by atoms with Crippen LogP contribution >= 0.6 is 0 Å². The molecule has 0 aliphatic heterocycles. The van der Waals surface area contributed by atoms with E-state index in [4.69, 9.17) is 15.9 Å². The van der Waals surface area contributed by atoms with E-state index in [1.165, 1.54) is 13.8 Å². The summed E-state index contributed by atoms with van der Waals surface area (Å²) in [7, 11) is 0. The maximum Gasteiger partial charge on any atom is 0.322 e. The first-order chi connectivity index (χ1) is 30.3. The van der Waals surface area contributed by atoms with E-state index in [0.29, 0.717) is 0 Å². The van der Waals surface area contributed by atoms with Gasteiger partial charge in [-0.3, -0.25) is 62.3 Å². The molecule has 0 aromatic carbocycles. The van der Waals surface area contributed by atoms with Crippen LogP contribution in [0.5, 0.6) is 0 Å². The van der Waals surface area contributed by atoms with Gasteiger partial charge in [-0.2, -0.15) is 0 Å². The molecule has 8 atom stereocenters. The molecule has 0 rings (SSSR count). The molecule has 0 fully saturated rings. The Morgan fingerprint density at radius 1 is 0.415 bits per heavy atom. The maximum absolute atomic E-state index is 13.5. The fourth-order valence-electron chi connectivity index (χ4n) is 4.94. The number of aliphatic carboxylic acids is 4. The van der Waals surface area contributed by atoms with E-state index in [2.05, 4.69) is 16.0 Å². The number of amides is 9. The van der Waals surface area contributed by atoms with E-state index in [1.54, 1.807) is 0 Å². The van der Waals surface area contributed by atoms with Crippen LogP contribution in [-0.4, -0.2) is 206 Å². The summed E-state index contributed by atoms with van der Waals surface area (Å²) in [4.78, 5) is 160. The molecule has 0 aliphatic rings. The summed E-state index contributed by atoms with van der Waals surface area (Å²) < 4.78 is 0. The van der Waals surface area contributed by atoms with Gasteiger partial charge in [-0.1, -0.05) is 13.8 Å². The Labute approximate surface area is 367 Å². The van der Waals surface area contributed by atoms with Crippen LogP contribution < -0.4 is 53.6 Å². The maximum atomic E-state index is 13.5. The number of aliphatic hydroxyl groups excluding tert-OH is 4. The van der Waals surface area contributed by atoms with E-state index in [1.807, 2.05) is 31.9 Å². The Morgan fingerprint density at radius 3 is 1.26 bits per heavy atom. The van der Waals surface area contributed by atoms with E-state index in [9.17, 15) is 93.0 Å². The van der Waals surface area contributed by atoms with Crippen molar-refractivity contribution in [3.8, 4) is 0 Å². The lowest BCUT2D eigenvalue weighted by Crippen LogP contribution is -2.61. The third-order valence-corrected chi connectivity index (χ3v) is 8.39. The Bertz CT molecular complexity index is 1760. The molecule has 0 unspecified atom stereocenters. The second-order valence-electron chi connectivity index (χ2n) is 14.0. The summed E-state index contributed by atoms with van der Waals surface area (Å²) in [6.45, 7) is -3.30. The van der Waals surface area contributed by atoms with Crippen LogP contribution in [-0.2, 0) is 62.3 Å². The highest BCUT2D eigenvalue weighted by molar-refractivity contribution is 5.99. The van der Waals surface area contributed by atoms with Crippen molar-refractivity contribution in [3.63, 3.8) is 0 Å². The average molecular weight is 939 g/mol. The monoisotopic (exact) mass is 938 g/mol. The van der Waals surface area contributed by atoms with Crippen LogP contribution in [0.3, 0.4) is 0 Å². The number of nitrogens with one attached hydrogen (secondary N) is 9. The van der Waals surface area contributed by atoms with Gasteiger partial charge in [0.25, 0.3) is 0 Å². The second-order valence-corrected chi connectivity index (χ2v) is 14.0. The largest absolute Gasteiger partial charge is 0.481 e. The zero-order valence-corrected chi connectivity index (χ0v) is 34.7. The molecule has 0 saturated heterocycles. The molecule has 0 aromatic rings. The van der Waals surface area contributed by atoms with Gasteiger partial charge in [0.15, 0.2) is 0 Å². The van der Waals surface area contributed by atoms with Gasteiger partial charge >= 0.3 is 23.9 Å². The molecule has 0 aromatic heterocycles. The summed E-state index contributed by atoms with van der Waals surface area (Å²) in [6.07, 6.45) is -3.83. The molecule has 31 nitrogen and oxygen atoms in total. The quantitative estimate of drug-likeness (QED) is 0.0307. The number of rotatable bonds is 31. The Balaban J connectivity index is 6.08. The van der Waals surface area contributed by atoms with Crippen molar-refractivity contribution in [1.29, 1.82) is 0 Å². The fourth-order valence-corrected chi connectivity index (χ4v) is 4.94. The Hall–Kier alpha value is -7.09. The topological polar surface area (TPSA) is 518 Å².